The summed E-state index contributed by atoms with van der Waals surface area (Å²) in [4.78, 5) is 24.7. The molecule has 2 atom stereocenters. The van der Waals surface area contributed by atoms with E-state index in [1.54, 1.807) is 11.8 Å². The highest BCUT2D eigenvalue weighted by atomic mass is 16.3. The highest BCUT2D eigenvalue weighted by Crippen LogP contribution is 2.22. The quantitative estimate of drug-likeness (QED) is 0.641. The molecular formula is C11H18N2O3. The maximum absolute atomic E-state index is 12.0. The molecule has 2 aliphatic heterocycles. The second kappa shape index (κ2) is 4.05. The Morgan fingerprint density at radius 2 is 2.38 bits per heavy atom. The number of likely N-dealkylation sites (tertiary alicyclic amines) is 1. The Hall–Kier alpha value is -1.10. The van der Waals surface area contributed by atoms with Gasteiger partial charge in [-0.2, -0.15) is 0 Å². The molecule has 0 bridgehead atoms. The molecule has 0 aromatic rings. The summed E-state index contributed by atoms with van der Waals surface area (Å²) in [6.45, 7) is 2.80. The zero-order valence-corrected chi connectivity index (χ0v) is 9.53. The van der Waals surface area contributed by atoms with Gasteiger partial charge in [0.05, 0.1) is 5.60 Å². The van der Waals surface area contributed by atoms with Crippen molar-refractivity contribution in [3.63, 3.8) is 0 Å². The standard InChI is InChI=1S/C11H18N2O3/c1-11(16)5-2-6-13(7-11)10(15)8-3-4-9(14)12-8/h8,16H,2-7H2,1H3,(H,12,14)/t8-,11?/m0/s1. The summed E-state index contributed by atoms with van der Waals surface area (Å²) in [6.07, 6.45) is 2.56. The van der Waals surface area contributed by atoms with Crippen LogP contribution in [0.4, 0.5) is 0 Å². The number of carbonyl (C=O) groups excluding carboxylic acids is 2. The van der Waals surface area contributed by atoms with Crippen molar-refractivity contribution in [3.05, 3.63) is 0 Å². The lowest BCUT2D eigenvalue weighted by molar-refractivity contribution is -0.140. The molecule has 2 amide bonds. The predicted octanol–water partition coefficient (Wildman–Crippen LogP) is -0.362. The maximum atomic E-state index is 12.0. The molecule has 0 saturated carbocycles. The first-order valence-electron chi connectivity index (χ1n) is 5.78. The fourth-order valence-corrected chi connectivity index (χ4v) is 2.43. The lowest BCUT2D eigenvalue weighted by atomic mass is 9.94. The third-order valence-electron chi connectivity index (χ3n) is 3.28. The summed E-state index contributed by atoms with van der Waals surface area (Å²) in [6, 6.07) is -0.374. The van der Waals surface area contributed by atoms with Gasteiger partial charge in [0.15, 0.2) is 0 Å². The van der Waals surface area contributed by atoms with E-state index in [2.05, 4.69) is 5.32 Å². The van der Waals surface area contributed by atoms with Crippen molar-refractivity contribution in [3.8, 4) is 0 Å². The normalized spacial score (nSPS) is 35.0. The van der Waals surface area contributed by atoms with E-state index in [-0.39, 0.29) is 17.9 Å². The number of hydrogen-bond donors (Lipinski definition) is 2. The Morgan fingerprint density at radius 1 is 1.62 bits per heavy atom. The number of nitrogens with zero attached hydrogens (tertiary/aromatic N) is 1. The molecule has 2 heterocycles. The lowest BCUT2D eigenvalue weighted by Gasteiger charge is -2.37. The fraction of sp³-hybridized carbons (Fsp3) is 0.818. The highest BCUT2D eigenvalue weighted by molar-refractivity contribution is 5.90. The highest BCUT2D eigenvalue weighted by Gasteiger charge is 2.36. The van der Waals surface area contributed by atoms with Crippen molar-refractivity contribution >= 4 is 11.8 Å². The minimum Gasteiger partial charge on any atom is -0.388 e. The van der Waals surface area contributed by atoms with Crippen LogP contribution in [0.15, 0.2) is 0 Å². The van der Waals surface area contributed by atoms with Crippen LogP contribution in [0.25, 0.3) is 0 Å². The van der Waals surface area contributed by atoms with Crippen LogP contribution in [0.3, 0.4) is 0 Å². The van der Waals surface area contributed by atoms with E-state index in [1.807, 2.05) is 0 Å². The van der Waals surface area contributed by atoms with Crippen LogP contribution in [0.2, 0.25) is 0 Å². The molecule has 0 aromatic heterocycles. The van der Waals surface area contributed by atoms with E-state index in [9.17, 15) is 14.7 Å². The molecule has 90 valence electrons. The number of carbonyl (C=O) groups is 2. The van der Waals surface area contributed by atoms with Gasteiger partial charge in [-0.05, 0) is 26.2 Å². The summed E-state index contributed by atoms with van der Waals surface area (Å²) in [7, 11) is 0. The van der Waals surface area contributed by atoms with Crippen molar-refractivity contribution in [2.24, 2.45) is 0 Å². The number of amides is 2. The van der Waals surface area contributed by atoms with Gasteiger partial charge in [0.2, 0.25) is 11.8 Å². The van der Waals surface area contributed by atoms with E-state index in [1.165, 1.54) is 0 Å². The van der Waals surface area contributed by atoms with Crippen LogP contribution in [0.1, 0.15) is 32.6 Å². The van der Waals surface area contributed by atoms with Crippen molar-refractivity contribution < 1.29 is 14.7 Å². The number of rotatable bonds is 1. The third-order valence-corrected chi connectivity index (χ3v) is 3.28. The average molecular weight is 226 g/mol. The maximum Gasteiger partial charge on any atom is 0.245 e. The smallest absolute Gasteiger partial charge is 0.245 e. The number of hydrogen-bond acceptors (Lipinski definition) is 3. The van der Waals surface area contributed by atoms with Gasteiger partial charge in [-0.1, -0.05) is 0 Å². The lowest BCUT2D eigenvalue weighted by Crippen LogP contribution is -2.53. The molecule has 2 aliphatic rings. The Bertz CT molecular complexity index is 314. The minimum absolute atomic E-state index is 0.0502. The number of piperidine rings is 1. The van der Waals surface area contributed by atoms with Crippen LogP contribution in [-0.4, -0.2) is 46.6 Å². The van der Waals surface area contributed by atoms with E-state index >= 15 is 0 Å². The topological polar surface area (TPSA) is 69.6 Å². The molecule has 5 heteroatoms. The Kier molecular flexibility index (Phi) is 2.88. The van der Waals surface area contributed by atoms with Crippen LogP contribution in [0.5, 0.6) is 0 Å². The van der Waals surface area contributed by atoms with Gasteiger partial charge < -0.3 is 15.3 Å². The first-order valence-corrected chi connectivity index (χ1v) is 5.78. The molecule has 0 spiro atoms. The second-order valence-electron chi connectivity index (χ2n) is 5.02. The summed E-state index contributed by atoms with van der Waals surface area (Å²) in [5.74, 6) is -0.104. The molecule has 0 aliphatic carbocycles. The van der Waals surface area contributed by atoms with E-state index in [0.29, 0.717) is 25.9 Å². The van der Waals surface area contributed by atoms with Gasteiger partial charge in [0.1, 0.15) is 6.04 Å². The van der Waals surface area contributed by atoms with E-state index < -0.39 is 5.60 Å². The average Bonchev–Trinajstić information content (AvgIpc) is 2.62. The van der Waals surface area contributed by atoms with Gasteiger partial charge in [-0.25, -0.2) is 0 Å². The van der Waals surface area contributed by atoms with Gasteiger partial charge in [0.25, 0.3) is 0 Å². The van der Waals surface area contributed by atoms with Gasteiger partial charge >= 0.3 is 0 Å². The molecule has 2 fully saturated rings. The Morgan fingerprint density at radius 3 is 2.94 bits per heavy atom. The predicted molar refractivity (Wildman–Crippen MR) is 57.6 cm³/mol. The van der Waals surface area contributed by atoms with E-state index in [4.69, 9.17) is 0 Å². The molecule has 2 N–H and O–H groups in total. The molecule has 2 rings (SSSR count). The van der Waals surface area contributed by atoms with Crippen molar-refractivity contribution in [2.75, 3.05) is 13.1 Å². The van der Waals surface area contributed by atoms with E-state index in [0.717, 1.165) is 12.8 Å². The molecule has 2 saturated heterocycles. The number of β-amino-alcohol motifs (C(OH)–C–C–N with tert-alkyl or cyclic N) is 1. The molecule has 5 nitrogen and oxygen atoms in total. The Balaban J connectivity index is 1.96. The summed E-state index contributed by atoms with van der Waals surface area (Å²) in [5.41, 5.74) is -0.781. The van der Waals surface area contributed by atoms with Crippen LogP contribution in [-0.2, 0) is 9.59 Å². The van der Waals surface area contributed by atoms with Crippen molar-refractivity contribution in [2.45, 2.75) is 44.2 Å². The first-order chi connectivity index (χ1) is 7.48. The van der Waals surface area contributed by atoms with Gasteiger partial charge in [-0.3, -0.25) is 9.59 Å². The minimum atomic E-state index is -0.781. The third kappa shape index (κ3) is 2.35. The fourth-order valence-electron chi connectivity index (χ4n) is 2.43. The second-order valence-corrected chi connectivity index (χ2v) is 5.02. The zero-order chi connectivity index (χ0) is 11.8. The van der Waals surface area contributed by atoms with Crippen molar-refractivity contribution in [1.82, 2.24) is 10.2 Å². The number of aliphatic hydroxyl groups is 1. The van der Waals surface area contributed by atoms with Crippen LogP contribution in [0, 0.1) is 0 Å². The summed E-state index contributed by atoms with van der Waals surface area (Å²) < 4.78 is 0. The molecule has 0 aromatic carbocycles. The van der Waals surface area contributed by atoms with Crippen molar-refractivity contribution in [1.29, 1.82) is 0 Å². The first kappa shape index (κ1) is 11.4. The van der Waals surface area contributed by atoms with Gasteiger partial charge in [0, 0.05) is 19.5 Å². The number of nitrogens with one attached hydrogen (secondary N) is 1. The summed E-state index contributed by atoms with van der Waals surface area (Å²) in [5, 5.41) is 12.6. The monoisotopic (exact) mass is 226 g/mol. The van der Waals surface area contributed by atoms with Crippen LogP contribution < -0.4 is 5.32 Å². The molecular weight excluding hydrogens is 208 g/mol. The van der Waals surface area contributed by atoms with Crippen LogP contribution >= 0.6 is 0 Å². The largest absolute Gasteiger partial charge is 0.388 e. The molecule has 1 unspecified atom stereocenters. The Labute approximate surface area is 94.8 Å². The SMILES string of the molecule is CC1(O)CCCN(C(=O)[C@@H]2CCC(=O)N2)C1. The summed E-state index contributed by atoms with van der Waals surface area (Å²) >= 11 is 0. The molecule has 16 heavy (non-hydrogen) atoms. The zero-order valence-electron chi connectivity index (χ0n) is 9.53. The molecule has 0 radical (unpaired) electrons. The van der Waals surface area contributed by atoms with Gasteiger partial charge in [-0.15, -0.1) is 0 Å².